The fourth-order valence-corrected chi connectivity index (χ4v) is 1.44. The first kappa shape index (κ1) is 12.9. The predicted molar refractivity (Wildman–Crippen MR) is 61.2 cm³/mol. The van der Waals surface area contributed by atoms with E-state index < -0.39 is 0 Å². The van der Waals surface area contributed by atoms with Crippen LogP contribution in [0.5, 0.6) is 5.75 Å². The third kappa shape index (κ3) is 3.47. The fourth-order valence-electron chi connectivity index (χ4n) is 1.44. The molecule has 0 fully saturated rings. The van der Waals surface area contributed by atoms with E-state index in [9.17, 15) is 4.39 Å². The van der Waals surface area contributed by atoms with Gasteiger partial charge < -0.3 is 14.8 Å². The topological polar surface area (TPSA) is 30.5 Å². The lowest BCUT2D eigenvalue weighted by molar-refractivity contribution is 0.196. The maximum atomic E-state index is 13.2. The Morgan fingerprint density at radius 1 is 1.38 bits per heavy atom. The van der Waals surface area contributed by atoms with Crippen LogP contribution in [0.25, 0.3) is 0 Å². The SMILES string of the molecule is COCCNC(C)c1ccc(F)c(OC)c1. The summed E-state index contributed by atoms with van der Waals surface area (Å²) in [4.78, 5) is 0. The highest BCUT2D eigenvalue weighted by molar-refractivity contribution is 5.31. The minimum Gasteiger partial charge on any atom is -0.494 e. The van der Waals surface area contributed by atoms with Crippen molar-refractivity contribution in [3.05, 3.63) is 29.6 Å². The summed E-state index contributed by atoms with van der Waals surface area (Å²) >= 11 is 0. The van der Waals surface area contributed by atoms with E-state index >= 15 is 0 Å². The molecule has 0 radical (unpaired) electrons. The zero-order chi connectivity index (χ0) is 12.0. The molecule has 0 spiro atoms. The first-order valence-corrected chi connectivity index (χ1v) is 5.24. The molecule has 0 heterocycles. The Balaban J connectivity index is 2.64. The zero-order valence-electron chi connectivity index (χ0n) is 9.92. The lowest BCUT2D eigenvalue weighted by Crippen LogP contribution is -2.22. The summed E-state index contributed by atoms with van der Waals surface area (Å²) in [5.74, 6) is -0.0618. The number of benzene rings is 1. The maximum Gasteiger partial charge on any atom is 0.165 e. The number of hydrogen-bond acceptors (Lipinski definition) is 3. The Morgan fingerprint density at radius 3 is 2.75 bits per heavy atom. The van der Waals surface area contributed by atoms with Crippen LogP contribution in [0, 0.1) is 5.82 Å². The molecule has 0 aliphatic rings. The van der Waals surface area contributed by atoms with Crippen molar-refractivity contribution in [2.24, 2.45) is 0 Å². The number of rotatable bonds is 6. The number of methoxy groups -OCH3 is 2. The molecular weight excluding hydrogens is 209 g/mol. The van der Waals surface area contributed by atoms with Gasteiger partial charge in [0, 0.05) is 19.7 Å². The van der Waals surface area contributed by atoms with Crippen molar-refractivity contribution in [2.75, 3.05) is 27.4 Å². The van der Waals surface area contributed by atoms with Gasteiger partial charge in [0.2, 0.25) is 0 Å². The highest BCUT2D eigenvalue weighted by Gasteiger charge is 2.08. The smallest absolute Gasteiger partial charge is 0.165 e. The van der Waals surface area contributed by atoms with E-state index in [0.29, 0.717) is 6.61 Å². The van der Waals surface area contributed by atoms with Gasteiger partial charge in [-0.05, 0) is 24.6 Å². The maximum absolute atomic E-state index is 13.2. The Bertz CT molecular complexity index is 331. The Kier molecular flexibility index (Phi) is 5.22. The van der Waals surface area contributed by atoms with Gasteiger partial charge >= 0.3 is 0 Å². The molecule has 3 nitrogen and oxygen atoms in total. The van der Waals surface area contributed by atoms with Crippen LogP contribution in [-0.4, -0.2) is 27.4 Å². The molecule has 0 saturated heterocycles. The second-order valence-corrected chi connectivity index (χ2v) is 3.56. The second-order valence-electron chi connectivity index (χ2n) is 3.56. The van der Waals surface area contributed by atoms with E-state index in [0.717, 1.165) is 12.1 Å². The van der Waals surface area contributed by atoms with Crippen molar-refractivity contribution >= 4 is 0 Å². The van der Waals surface area contributed by atoms with E-state index in [2.05, 4.69) is 5.32 Å². The van der Waals surface area contributed by atoms with Crippen molar-refractivity contribution in [1.29, 1.82) is 0 Å². The van der Waals surface area contributed by atoms with E-state index in [-0.39, 0.29) is 17.6 Å². The van der Waals surface area contributed by atoms with Crippen molar-refractivity contribution in [1.82, 2.24) is 5.32 Å². The van der Waals surface area contributed by atoms with Gasteiger partial charge in [0.1, 0.15) is 0 Å². The molecule has 0 aliphatic heterocycles. The molecule has 0 bridgehead atoms. The highest BCUT2D eigenvalue weighted by Crippen LogP contribution is 2.22. The van der Waals surface area contributed by atoms with Crippen molar-refractivity contribution in [2.45, 2.75) is 13.0 Å². The zero-order valence-corrected chi connectivity index (χ0v) is 9.92. The van der Waals surface area contributed by atoms with Crippen LogP contribution in [-0.2, 0) is 4.74 Å². The lowest BCUT2D eigenvalue weighted by Gasteiger charge is -2.15. The highest BCUT2D eigenvalue weighted by atomic mass is 19.1. The van der Waals surface area contributed by atoms with Gasteiger partial charge in [-0.25, -0.2) is 4.39 Å². The number of halogens is 1. The van der Waals surface area contributed by atoms with Crippen molar-refractivity contribution in [3.8, 4) is 5.75 Å². The second kappa shape index (κ2) is 6.45. The predicted octanol–water partition coefficient (Wildman–Crippen LogP) is 2.13. The summed E-state index contributed by atoms with van der Waals surface area (Å²) in [5.41, 5.74) is 0.995. The van der Waals surface area contributed by atoms with Gasteiger partial charge in [-0.15, -0.1) is 0 Å². The van der Waals surface area contributed by atoms with Crippen molar-refractivity contribution < 1.29 is 13.9 Å². The van der Waals surface area contributed by atoms with Crippen LogP contribution in [0.15, 0.2) is 18.2 Å². The molecule has 0 aliphatic carbocycles. The molecular formula is C12H18FNO2. The first-order chi connectivity index (χ1) is 7.69. The van der Waals surface area contributed by atoms with Gasteiger partial charge in [-0.1, -0.05) is 6.07 Å². The molecule has 0 saturated carbocycles. The molecule has 16 heavy (non-hydrogen) atoms. The average molecular weight is 227 g/mol. The number of hydrogen-bond donors (Lipinski definition) is 1. The Hall–Kier alpha value is -1.13. The van der Waals surface area contributed by atoms with Crippen molar-refractivity contribution in [3.63, 3.8) is 0 Å². The largest absolute Gasteiger partial charge is 0.494 e. The third-order valence-corrected chi connectivity index (χ3v) is 2.43. The molecule has 4 heteroatoms. The molecule has 1 aromatic rings. The van der Waals surface area contributed by atoms with Gasteiger partial charge in [0.25, 0.3) is 0 Å². The number of nitrogens with one attached hydrogen (secondary N) is 1. The quantitative estimate of drug-likeness (QED) is 0.755. The standard InChI is InChI=1S/C12H18FNO2/c1-9(14-6-7-15-2)10-4-5-11(13)12(8-10)16-3/h4-5,8-9,14H,6-7H2,1-3H3. The molecule has 0 amide bonds. The van der Waals surface area contributed by atoms with E-state index in [4.69, 9.17) is 9.47 Å². The van der Waals surface area contributed by atoms with Crippen LogP contribution in [0.3, 0.4) is 0 Å². The van der Waals surface area contributed by atoms with Crippen LogP contribution >= 0.6 is 0 Å². The van der Waals surface area contributed by atoms with E-state index in [1.807, 2.05) is 6.92 Å². The monoisotopic (exact) mass is 227 g/mol. The normalized spacial score (nSPS) is 12.5. The van der Waals surface area contributed by atoms with Crippen LogP contribution in [0.2, 0.25) is 0 Å². The lowest BCUT2D eigenvalue weighted by atomic mass is 10.1. The van der Waals surface area contributed by atoms with Crippen LogP contribution < -0.4 is 10.1 Å². The minimum atomic E-state index is -0.338. The van der Waals surface area contributed by atoms with E-state index in [1.165, 1.54) is 13.2 Å². The molecule has 90 valence electrons. The third-order valence-electron chi connectivity index (χ3n) is 2.43. The Morgan fingerprint density at radius 2 is 2.12 bits per heavy atom. The molecule has 1 N–H and O–H groups in total. The fraction of sp³-hybridized carbons (Fsp3) is 0.500. The molecule has 0 aromatic heterocycles. The summed E-state index contributed by atoms with van der Waals surface area (Å²) < 4.78 is 23.1. The minimum absolute atomic E-state index is 0.143. The molecule has 1 unspecified atom stereocenters. The first-order valence-electron chi connectivity index (χ1n) is 5.24. The number of ether oxygens (including phenoxy) is 2. The van der Waals surface area contributed by atoms with Gasteiger partial charge in [0.05, 0.1) is 13.7 Å². The average Bonchev–Trinajstić information content (AvgIpc) is 2.30. The molecule has 1 aromatic carbocycles. The van der Waals surface area contributed by atoms with Gasteiger partial charge in [-0.3, -0.25) is 0 Å². The van der Waals surface area contributed by atoms with E-state index in [1.54, 1.807) is 19.2 Å². The van der Waals surface area contributed by atoms with Gasteiger partial charge in [0.15, 0.2) is 11.6 Å². The summed E-state index contributed by atoms with van der Waals surface area (Å²) in [6.07, 6.45) is 0. The summed E-state index contributed by atoms with van der Waals surface area (Å²) in [6, 6.07) is 5.02. The van der Waals surface area contributed by atoms with Gasteiger partial charge in [-0.2, -0.15) is 0 Å². The summed E-state index contributed by atoms with van der Waals surface area (Å²) in [5, 5.41) is 3.27. The summed E-state index contributed by atoms with van der Waals surface area (Å²) in [6.45, 7) is 3.43. The van der Waals surface area contributed by atoms with Crippen LogP contribution in [0.4, 0.5) is 4.39 Å². The molecule has 1 atom stereocenters. The Labute approximate surface area is 95.6 Å². The molecule has 1 rings (SSSR count). The summed E-state index contributed by atoms with van der Waals surface area (Å²) in [7, 11) is 3.12. The van der Waals surface area contributed by atoms with Crippen LogP contribution in [0.1, 0.15) is 18.5 Å².